The van der Waals surface area contributed by atoms with Crippen molar-refractivity contribution in [3.05, 3.63) is 64.6 Å². The molecule has 0 bridgehead atoms. The van der Waals surface area contributed by atoms with Crippen LogP contribution < -0.4 is 14.8 Å². The van der Waals surface area contributed by atoms with Crippen LogP contribution in [0.25, 0.3) is 6.08 Å². The summed E-state index contributed by atoms with van der Waals surface area (Å²) in [6.45, 7) is 0.432. The van der Waals surface area contributed by atoms with Gasteiger partial charge in [-0.15, -0.1) is 0 Å². The maximum Gasteiger partial charge on any atom is 0.263 e. The highest BCUT2D eigenvalue weighted by Gasteiger charge is 2.23. The van der Waals surface area contributed by atoms with Crippen LogP contribution in [0.5, 0.6) is 11.5 Å². The van der Waals surface area contributed by atoms with Gasteiger partial charge in [0.05, 0.1) is 17.6 Å². The highest BCUT2D eigenvalue weighted by molar-refractivity contribution is 8.26. The van der Waals surface area contributed by atoms with E-state index in [1.807, 2.05) is 48.5 Å². The minimum atomic E-state index is -0.204. The molecule has 6 heteroatoms. The van der Waals surface area contributed by atoms with Crippen molar-refractivity contribution in [1.82, 2.24) is 5.32 Å². The second kappa shape index (κ2) is 7.51. The van der Waals surface area contributed by atoms with E-state index in [0.29, 0.717) is 27.3 Å². The zero-order valence-corrected chi connectivity index (χ0v) is 14.6. The summed E-state index contributed by atoms with van der Waals surface area (Å²) < 4.78 is 11.8. The lowest BCUT2D eigenvalue weighted by atomic mass is 10.1. The Labute approximate surface area is 149 Å². The number of ether oxygens (including phenoxy) is 2. The van der Waals surface area contributed by atoms with Gasteiger partial charge >= 0.3 is 0 Å². The minimum Gasteiger partial charge on any atom is -0.496 e. The molecule has 1 amide bonds. The first-order chi connectivity index (χ1) is 11.7. The molecular weight excluding hydrogens is 342 g/mol. The largest absolute Gasteiger partial charge is 0.496 e. The van der Waals surface area contributed by atoms with Gasteiger partial charge < -0.3 is 14.8 Å². The molecule has 4 nitrogen and oxygen atoms in total. The lowest BCUT2D eigenvalue weighted by Gasteiger charge is -2.13. The van der Waals surface area contributed by atoms with Crippen LogP contribution in [-0.2, 0) is 11.4 Å². The Morgan fingerprint density at radius 3 is 2.54 bits per heavy atom. The lowest BCUT2D eigenvalue weighted by Crippen LogP contribution is -2.17. The topological polar surface area (TPSA) is 47.6 Å². The van der Waals surface area contributed by atoms with E-state index < -0.39 is 0 Å². The molecule has 0 unspecified atom stereocenters. The summed E-state index contributed by atoms with van der Waals surface area (Å²) in [6.07, 6.45) is 1.75. The molecule has 0 atom stereocenters. The number of hydrogen-bond donors (Lipinski definition) is 1. The molecule has 2 aromatic carbocycles. The smallest absolute Gasteiger partial charge is 0.263 e. The number of carbonyl (C=O) groups is 1. The fourth-order valence-electron chi connectivity index (χ4n) is 2.26. The van der Waals surface area contributed by atoms with E-state index >= 15 is 0 Å². The number of methoxy groups -OCH3 is 1. The van der Waals surface area contributed by atoms with Crippen molar-refractivity contribution in [2.24, 2.45) is 0 Å². The zero-order valence-electron chi connectivity index (χ0n) is 12.9. The number of thiocarbonyl (C=S) groups is 1. The summed E-state index contributed by atoms with van der Waals surface area (Å²) >= 11 is 6.26. The van der Waals surface area contributed by atoms with Crippen molar-refractivity contribution >= 4 is 40.3 Å². The molecule has 0 aliphatic carbocycles. The predicted molar refractivity (Wildman–Crippen MR) is 100 cm³/mol. The third kappa shape index (κ3) is 3.77. The number of hydrogen-bond acceptors (Lipinski definition) is 5. The van der Waals surface area contributed by atoms with Gasteiger partial charge in [-0.2, -0.15) is 0 Å². The predicted octanol–water partition coefficient (Wildman–Crippen LogP) is 3.76. The maximum atomic E-state index is 11.9. The summed E-state index contributed by atoms with van der Waals surface area (Å²) in [4.78, 5) is 12.4. The molecular formula is C18H15NO3S2. The fraction of sp³-hybridized carbons (Fsp3) is 0.111. The van der Waals surface area contributed by atoms with Gasteiger partial charge in [0, 0.05) is 0 Å². The first-order valence-electron chi connectivity index (χ1n) is 7.26. The van der Waals surface area contributed by atoms with Crippen LogP contribution in [0.15, 0.2) is 53.4 Å². The highest BCUT2D eigenvalue weighted by Crippen LogP contribution is 2.35. The number of nitrogens with one attached hydrogen (secondary N) is 1. The van der Waals surface area contributed by atoms with Gasteiger partial charge in [0.15, 0.2) is 0 Å². The molecule has 0 radical (unpaired) electrons. The Hall–Kier alpha value is -2.31. The maximum absolute atomic E-state index is 11.9. The zero-order chi connectivity index (χ0) is 16.9. The van der Waals surface area contributed by atoms with Gasteiger partial charge in [-0.1, -0.05) is 60.4 Å². The van der Waals surface area contributed by atoms with Crippen LogP contribution in [0.1, 0.15) is 11.1 Å². The van der Waals surface area contributed by atoms with Gasteiger partial charge in [0.1, 0.15) is 22.4 Å². The Balaban J connectivity index is 1.90. The molecule has 1 aliphatic heterocycles. The quantitative estimate of drug-likeness (QED) is 0.652. The van der Waals surface area contributed by atoms with E-state index in [1.54, 1.807) is 13.2 Å². The molecule has 1 fully saturated rings. The van der Waals surface area contributed by atoms with Gasteiger partial charge in [-0.05, 0) is 23.8 Å². The molecule has 0 spiro atoms. The number of rotatable bonds is 5. The molecule has 0 saturated carbocycles. The van der Waals surface area contributed by atoms with Crippen molar-refractivity contribution in [3.8, 4) is 11.5 Å². The first kappa shape index (κ1) is 16.5. The second-order valence-corrected chi connectivity index (χ2v) is 6.72. The Morgan fingerprint density at radius 1 is 1.12 bits per heavy atom. The van der Waals surface area contributed by atoms with Crippen molar-refractivity contribution in [2.75, 3.05) is 7.11 Å². The Bertz CT molecular complexity index is 803. The van der Waals surface area contributed by atoms with Crippen LogP contribution >= 0.6 is 24.0 Å². The number of amides is 1. The molecule has 24 heavy (non-hydrogen) atoms. The van der Waals surface area contributed by atoms with Gasteiger partial charge in [-0.25, -0.2) is 0 Å². The summed E-state index contributed by atoms with van der Waals surface area (Å²) in [5.74, 6) is 1.08. The number of thioether (sulfide) groups is 1. The molecule has 1 heterocycles. The van der Waals surface area contributed by atoms with E-state index in [1.165, 1.54) is 11.8 Å². The summed E-state index contributed by atoms with van der Waals surface area (Å²) in [5, 5.41) is 2.61. The summed E-state index contributed by atoms with van der Waals surface area (Å²) in [6, 6.07) is 15.4. The number of carbonyl (C=O) groups excluding carboxylic acids is 1. The molecule has 2 aromatic rings. The summed E-state index contributed by atoms with van der Waals surface area (Å²) in [7, 11) is 1.59. The first-order valence-corrected chi connectivity index (χ1v) is 8.48. The average Bonchev–Trinajstić information content (AvgIpc) is 2.92. The summed E-state index contributed by atoms with van der Waals surface area (Å²) in [5.41, 5.74) is 1.78. The average molecular weight is 357 g/mol. The normalized spacial score (nSPS) is 15.5. The third-order valence-corrected chi connectivity index (χ3v) is 4.56. The van der Waals surface area contributed by atoms with E-state index in [-0.39, 0.29) is 5.91 Å². The van der Waals surface area contributed by atoms with Crippen molar-refractivity contribution in [3.63, 3.8) is 0 Å². The highest BCUT2D eigenvalue weighted by atomic mass is 32.2. The van der Waals surface area contributed by atoms with Crippen molar-refractivity contribution in [1.29, 1.82) is 0 Å². The van der Waals surface area contributed by atoms with Crippen LogP contribution in [-0.4, -0.2) is 17.3 Å². The standard InChI is InChI=1S/C18H15NO3S2/c1-21-14-8-5-9-15(22-11-12-6-3-2-4-7-12)13(14)10-16-17(20)19-18(23)24-16/h2-10H,11H2,1H3,(H,19,20,23)/b16-10-. The van der Waals surface area contributed by atoms with E-state index in [2.05, 4.69) is 5.32 Å². The van der Waals surface area contributed by atoms with E-state index in [4.69, 9.17) is 21.7 Å². The fourth-order valence-corrected chi connectivity index (χ4v) is 3.28. The van der Waals surface area contributed by atoms with Crippen LogP contribution in [0.4, 0.5) is 0 Å². The number of benzene rings is 2. The Morgan fingerprint density at radius 2 is 1.88 bits per heavy atom. The molecule has 122 valence electrons. The molecule has 1 saturated heterocycles. The monoisotopic (exact) mass is 357 g/mol. The van der Waals surface area contributed by atoms with Crippen molar-refractivity contribution in [2.45, 2.75) is 6.61 Å². The van der Waals surface area contributed by atoms with Gasteiger partial charge in [0.25, 0.3) is 5.91 Å². The third-order valence-electron chi connectivity index (χ3n) is 3.40. The van der Waals surface area contributed by atoms with E-state index in [0.717, 1.165) is 11.1 Å². The molecule has 0 aromatic heterocycles. The van der Waals surface area contributed by atoms with Gasteiger partial charge in [0.2, 0.25) is 0 Å². The van der Waals surface area contributed by atoms with Gasteiger partial charge in [-0.3, -0.25) is 4.79 Å². The lowest BCUT2D eigenvalue weighted by molar-refractivity contribution is -0.115. The minimum absolute atomic E-state index is 0.204. The van der Waals surface area contributed by atoms with Crippen LogP contribution in [0.2, 0.25) is 0 Å². The second-order valence-electron chi connectivity index (χ2n) is 5.00. The molecule has 3 rings (SSSR count). The van der Waals surface area contributed by atoms with Crippen molar-refractivity contribution < 1.29 is 14.3 Å². The molecule has 1 aliphatic rings. The van der Waals surface area contributed by atoms with Crippen LogP contribution in [0.3, 0.4) is 0 Å². The molecule has 1 N–H and O–H groups in total. The SMILES string of the molecule is COc1cccc(OCc2ccccc2)c1/C=C1\SC(=S)NC1=O. The Kier molecular flexibility index (Phi) is 5.17. The van der Waals surface area contributed by atoms with E-state index in [9.17, 15) is 4.79 Å². The van der Waals surface area contributed by atoms with Crippen LogP contribution in [0, 0.1) is 0 Å².